The monoisotopic (exact) mass is 212 g/mol. The van der Waals surface area contributed by atoms with Crippen LogP contribution in [0.5, 0.6) is 0 Å². The van der Waals surface area contributed by atoms with Crippen molar-refractivity contribution in [2.24, 2.45) is 0 Å². The van der Waals surface area contributed by atoms with Crippen LogP contribution in [0.2, 0.25) is 0 Å². The second-order valence-electron chi connectivity index (χ2n) is 4.46. The van der Waals surface area contributed by atoms with Crippen LogP contribution < -0.4 is 0 Å². The molecule has 84 valence electrons. The van der Waals surface area contributed by atoms with Crippen LogP contribution >= 0.6 is 0 Å². The van der Waals surface area contributed by atoms with Crippen LogP contribution in [-0.2, 0) is 12.8 Å². The quantitative estimate of drug-likeness (QED) is 0.691. The fourth-order valence-corrected chi connectivity index (χ4v) is 2.11. The van der Waals surface area contributed by atoms with E-state index in [-0.39, 0.29) is 0 Å². The molecule has 16 heavy (non-hydrogen) atoms. The van der Waals surface area contributed by atoms with Crippen molar-refractivity contribution in [3.8, 4) is 0 Å². The summed E-state index contributed by atoms with van der Waals surface area (Å²) in [6.07, 6.45) is 12.7. The summed E-state index contributed by atoms with van der Waals surface area (Å²) in [5.74, 6) is 0. The van der Waals surface area contributed by atoms with E-state index in [1.165, 1.54) is 36.8 Å². The normalized spacial score (nSPS) is 14.9. The molecule has 2 rings (SSSR count). The molecule has 0 unspecified atom stereocenters. The average Bonchev–Trinajstić information content (AvgIpc) is 2.38. The van der Waals surface area contributed by atoms with E-state index >= 15 is 0 Å². The summed E-state index contributed by atoms with van der Waals surface area (Å²) >= 11 is 0. The fraction of sp³-hybridized carbons (Fsp3) is 0.375. The highest BCUT2D eigenvalue weighted by molar-refractivity contribution is 5.24. The third-order valence-electron chi connectivity index (χ3n) is 3.27. The molecule has 0 saturated carbocycles. The van der Waals surface area contributed by atoms with Crippen LogP contribution in [0.15, 0.2) is 48.1 Å². The molecule has 0 aromatic heterocycles. The van der Waals surface area contributed by atoms with Gasteiger partial charge in [-0.3, -0.25) is 0 Å². The Balaban J connectivity index is 1.89. The number of benzene rings is 1. The summed E-state index contributed by atoms with van der Waals surface area (Å²) in [4.78, 5) is 0. The van der Waals surface area contributed by atoms with Gasteiger partial charge in [0.2, 0.25) is 0 Å². The second-order valence-corrected chi connectivity index (χ2v) is 4.46. The van der Waals surface area contributed by atoms with Gasteiger partial charge in [-0.15, -0.1) is 0 Å². The van der Waals surface area contributed by atoms with Crippen molar-refractivity contribution >= 4 is 0 Å². The van der Waals surface area contributed by atoms with Crippen molar-refractivity contribution in [3.05, 3.63) is 59.2 Å². The Bertz CT molecular complexity index is 379. The van der Waals surface area contributed by atoms with Gasteiger partial charge in [-0.25, -0.2) is 0 Å². The highest BCUT2D eigenvalue weighted by atomic mass is 14.1. The van der Waals surface area contributed by atoms with Crippen molar-refractivity contribution in [1.29, 1.82) is 0 Å². The molecular formula is C16H20. The Morgan fingerprint density at radius 3 is 2.38 bits per heavy atom. The van der Waals surface area contributed by atoms with Crippen LogP contribution in [-0.4, -0.2) is 0 Å². The first-order chi connectivity index (χ1) is 7.88. The van der Waals surface area contributed by atoms with Gasteiger partial charge in [0.15, 0.2) is 0 Å². The van der Waals surface area contributed by atoms with Crippen LogP contribution in [0.4, 0.5) is 0 Å². The molecule has 0 heterocycles. The number of allylic oxidation sites excluding steroid dienone is 4. The predicted molar refractivity (Wildman–Crippen MR) is 70.6 cm³/mol. The SMILES string of the molecule is CCc1ccc(CCC2=CC=CCC2)cc1. The van der Waals surface area contributed by atoms with Crippen molar-refractivity contribution in [1.82, 2.24) is 0 Å². The zero-order valence-electron chi connectivity index (χ0n) is 10.1. The van der Waals surface area contributed by atoms with E-state index < -0.39 is 0 Å². The van der Waals surface area contributed by atoms with Crippen LogP contribution in [0, 0.1) is 0 Å². The molecule has 0 N–H and O–H groups in total. The Morgan fingerprint density at radius 2 is 1.75 bits per heavy atom. The lowest BCUT2D eigenvalue weighted by Crippen LogP contribution is -1.92. The maximum Gasteiger partial charge on any atom is -0.0241 e. The molecule has 0 saturated heterocycles. The smallest absolute Gasteiger partial charge is 0.0241 e. The van der Waals surface area contributed by atoms with Gasteiger partial charge in [0.25, 0.3) is 0 Å². The van der Waals surface area contributed by atoms with Gasteiger partial charge in [-0.2, -0.15) is 0 Å². The first-order valence-electron chi connectivity index (χ1n) is 6.31. The molecule has 0 bridgehead atoms. The number of aryl methyl sites for hydroxylation is 2. The average molecular weight is 212 g/mol. The van der Waals surface area contributed by atoms with Crippen molar-refractivity contribution < 1.29 is 0 Å². The topological polar surface area (TPSA) is 0 Å². The maximum absolute atomic E-state index is 2.28. The van der Waals surface area contributed by atoms with Gasteiger partial charge >= 0.3 is 0 Å². The fourth-order valence-electron chi connectivity index (χ4n) is 2.11. The molecule has 0 amide bonds. The van der Waals surface area contributed by atoms with Gasteiger partial charge in [0.05, 0.1) is 0 Å². The van der Waals surface area contributed by atoms with Gasteiger partial charge < -0.3 is 0 Å². The highest BCUT2D eigenvalue weighted by Gasteiger charge is 2.00. The number of hydrogen-bond acceptors (Lipinski definition) is 0. The van der Waals surface area contributed by atoms with E-state index in [4.69, 9.17) is 0 Å². The summed E-state index contributed by atoms with van der Waals surface area (Å²) in [5.41, 5.74) is 4.50. The van der Waals surface area contributed by atoms with Crippen LogP contribution in [0.3, 0.4) is 0 Å². The summed E-state index contributed by atoms with van der Waals surface area (Å²) in [5, 5.41) is 0. The van der Waals surface area contributed by atoms with Crippen molar-refractivity contribution in [3.63, 3.8) is 0 Å². The predicted octanol–water partition coefficient (Wildman–Crippen LogP) is 4.46. The van der Waals surface area contributed by atoms with E-state index in [0.717, 1.165) is 6.42 Å². The Kier molecular flexibility index (Phi) is 3.98. The van der Waals surface area contributed by atoms with E-state index in [1.54, 1.807) is 5.57 Å². The summed E-state index contributed by atoms with van der Waals surface area (Å²) in [7, 11) is 0. The Labute approximate surface area is 98.7 Å². The van der Waals surface area contributed by atoms with E-state index in [2.05, 4.69) is 49.4 Å². The molecule has 0 aliphatic heterocycles. The minimum Gasteiger partial charge on any atom is -0.0842 e. The van der Waals surface area contributed by atoms with E-state index in [9.17, 15) is 0 Å². The molecule has 0 spiro atoms. The largest absolute Gasteiger partial charge is 0.0842 e. The third kappa shape index (κ3) is 3.10. The van der Waals surface area contributed by atoms with Gasteiger partial charge in [0.1, 0.15) is 0 Å². The lowest BCUT2D eigenvalue weighted by atomic mass is 9.97. The zero-order valence-corrected chi connectivity index (χ0v) is 10.1. The van der Waals surface area contributed by atoms with Gasteiger partial charge in [-0.05, 0) is 43.2 Å². The van der Waals surface area contributed by atoms with E-state index in [0.29, 0.717) is 0 Å². The molecule has 0 radical (unpaired) electrons. The van der Waals surface area contributed by atoms with Gasteiger partial charge in [0, 0.05) is 0 Å². The number of rotatable bonds is 4. The maximum atomic E-state index is 2.28. The first kappa shape index (κ1) is 11.2. The standard InChI is InChI=1S/C16H20/c1-2-14-8-10-16(11-9-14)13-12-15-6-4-3-5-7-15/h3-4,6,8-11H,2,5,7,12-13H2,1H3. The lowest BCUT2D eigenvalue weighted by Gasteiger charge is -2.09. The molecule has 1 aliphatic carbocycles. The first-order valence-corrected chi connectivity index (χ1v) is 6.31. The second kappa shape index (κ2) is 5.69. The minimum atomic E-state index is 1.14. The molecule has 0 fully saturated rings. The molecule has 1 aromatic carbocycles. The molecule has 1 aliphatic rings. The Hall–Kier alpha value is -1.30. The van der Waals surface area contributed by atoms with Crippen LogP contribution in [0.25, 0.3) is 0 Å². The van der Waals surface area contributed by atoms with E-state index in [1.807, 2.05) is 0 Å². The number of hydrogen-bond donors (Lipinski definition) is 0. The molecule has 0 atom stereocenters. The molecule has 1 aromatic rings. The lowest BCUT2D eigenvalue weighted by molar-refractivity contribution is 0.839. The van der Waals surface area contributed by atoms with Gasteiger partial charge in [-0.1, -0.05) is 55.0 Å². The third-order valence-corrected chi connectivity index (χ3v) is 3.27. The van der Waals surface area contributed by atoms with Crippen molar-refractivity contribution in [2.75, 3.05) is 0 Å². The summed E-state index contributed by atoms with van der Waals surface area (Å²) in [6, 6.07) is 9.06. The molecule has 0 heteroatoms. The summed E-state index contributed by atoms with van der Waals surface area (Å²) < 4.78 is 0. The molecule has 0 nitrogen and oxygen atoms in total. The van der Waals surface area contributed by atoms with Crippen molar-refractivity contribution in [2.45, 2.75) is 39.0 Å². The Morgan fingerprint density at radius 1 is 1.00 bits per heavy atom. The van der Waals surface area contributed by atoms with Crippen LogP contribution in [0.1, 0.15) is 37.3 Å². The highest BCUT2D eigenvalue weighted by Crippen LogP contribution is 2.18. The summed E-state index contributed by atoms with van der Waals surface area (Å²) in [6.45, 7) is 2.20. The molecular weight excluding hydrogens is 192 g/mol. The zero-order chi connectivity index (χ0) is 11.2. The minimum absolute atomic E-state index is 1.14.